The predicted octanol–water partition coefficient (Wildman–Crippen LogP) is -0.233. The van der Waals surface area contributed by atoms with Gasteiger partial charge in [-0.25, -0.2) is 0 Å². The third kappa shape index (κ3) is 2.46. The van der Waals surface area contributed by atoms with Gasteiger partial charge in [0.2, 0.25) is 0 Å². The molecule has 2 aliphatic rings. The van der Waals surface area contributed by atoms with Gasteiger partial charge in [0, 0.05) is 5.56 Å². The molecule has 0 radical (unpaired) electrons. The van der Waals surface area contributed by atoms with E-state index in [2.05, 4.69) is 5.32 Å². The molecule has 0 bridgehead atoms. The molecule has 1 aromatic rings. The minimum Gasteiger partial charge on any atom is -0.387 e. The van der Waals surface area contributed by atoms with Crippen LogP contribution in [0.5, 0.6) is 0 Å². The van der Waals surface area contributed by atoms with Crippen LogP contribution in [0.3, 0.4) is 0 Å². The van der Waals surface area contributed by atoms with E-state index in [0.717, 1.165) is 5.56 Å². The Morgan fingerprint density at radius 1 is 1.10 bits per heavy atom. The highest BCUT2D eigenvalue weighted by Crippen LogP contribution is 2.33. The molecule has 2 heterocycles. The average molecular weight is 281 g/mol. The molecule has 1 unspecified atom stereocenters. The van der Waals surface area contributed by atoms with Crippen molar-refractivity contribution in [3.8, 4) is 0 Å². The lowest BCUT2D eigenvalue weighted by atomic mass is 9.97. The summed E-state index contributed by atoms with van der Waals surface area (Å²) in [5.74, 6) is 0. The summed E-state index contributed by atoms with van der Waals surface area (Å²) < 4.78 is 17.0. The predicted molar refractivity (Wildman–Crippen MR) is 69.7 cm³/mol. The number of hydrogen-bond donors (Lipinski definition) is 3. The van der Waals surface area contributed by atoms with Gasteiger partial charge < -0.3 is 24.4 Å². The Bertz CT molecular complexity index is 440. The van der Waals surface area contributed by atoms with Crippen LogP contribution in [0.15, 0.2) is 30.3 Å². The number of rotatable bonds is 2. The van der Waals surface area contributed by atoms with Crippen LogP contribution < -0.4 is 5.32 Å². The first-order valence-electron chi connectivity index (χ1n) is 6.71. The summed E-state index contributed by atoms with van der Waals surface area (Å²) in [6.45, 7) is 0.312. The second-order valence-electron chi connectivity index (χ2n) is 5.04. The second kappa shape index (κ2) is 5.77. The van der Waals surface area contributed by atoms with Crippen molar-refractivity contribution in [1.82, 2.24) is 5.32 Å². The van der Waals surface area contributed by atoms with Crippen molar-refractivity contribution in [3.05, 3.63) is 35.9 Å². The summed E-state index contributed by atoms with van der Waals surface area (Å²) in [6.07, 6.45) is -4.21. The normalized spacial score (nSPS) is 41.1. The lowest BCUT2D eigenvalue weighted by Crippen LogP contribution is -2.64. The SMILES string of the molecule is CN[C@@H]1O[C@@H]2COC(c3ccccc3)O[C@H]2[C@H](O)[C@H]1O. The van der Waals surface area contributed by atoms with Crippen molar-refractivity contribution >= 4 is 0 Å². The van der Waals surface area contributed by atoms with E-state index >= 15 is 0 Å². The fraction of sp³-hybridized carbons (Fsp3) is 0.571. The van der Waals surface area contributed by atoms with Gasteiger partial charge in [0.25, 0.3) is 0 Å². The van der Waals surface area contributed by atoms with Crippen molar-refractivity contribution in [1.29, 1.82) is 0 Å². The molecule has 2 aliphatic heterocycles. The molecule has 20 heavy (non-hydrogen) atoms. The minimum atomic E-state index is -1.03. The number of aliphatic hydroxyl groups is 2. The van der Waals surface area contributed by atoms with E-state index in [0.29, 0.717) is 6.61 Å². The Morgan fingerprint density at radius 2 is 1.85 bits per heavy atom. The zero-order valence-electron chi connectivity index (χ0n) is 11.2. The van der Waals surface area contributed by atoms with Gasteiger partial charge in [0.15, 0.2) is 6.29 Å². The highest BCUT2D eigenvalue weighted by Gasteiger charge is 2.48. The van der Waals surface area contributed by atoms with Crippen LogP contribution in [0.25, 0.3) is 0 Å². The molecular weight excluding hydrogens is 262 g/mol. The summed E-state index contributed by atoms with van der Waals surface area (Å²) in [5.41, 5.74) is 0.878. The average Bonchev–Trinajstić information content (AvgIpc) is 2.51. The summed E-state index contributed by atoms with van der Waals surface area (Å²) in [5, 5.41) is 23.0. The zero-order chi connectivity index (χ0) is 14.1. The minimum absolute atomic E-state index is 0.312. The lowest BCUT2D eigenvalue weighted by Gasteiger charge is -2.46. The summed E-state index contributed by atoms with van der Waals surface area (Å²) in [4.78, 5) is 0. The molecule has 3 N–H and O–H groups in total. The number of nitrogens with one attached hydrogen (secondary N) is 1. The summed E-state index contributed by atoms with van der Waals surface area (Å²) in [7, 11) is 1.66. The molecule has 0 saturated carbocycles. The number of aliphatic hydroxyl groups excluding tert-OH is 2. The Kier molecular flexibility index (Phi) is 4.02. The molecule has 2 fully saturated rings. The monoisotopic (exact) mass is 281 g/mol. The number of hydrogen-bond acceptors (Lipinski definition) is 6. The van der Waals surface area contributed by atoms with Crippen molar-refractivity contribution in [2.45, 2.75) is 36.9 Å². The van der Waals surface area contributed by atoms with Crippen LogP contribution in [0.1, 0.15) is 11.9 Å². The fourth-order valence-electron chi connectivity index (χ4n) is 2.63. The Labute approximate surface area is 117 Å². The van der Waals surface area contributed by atoms with E-state index in [1.54, 1.807) is 7.05 Å². The molecule has 0 aromatic heterocycles. The highest BCUT2D eigenvalue weighted by molar-refractivity contribution is 5.16. The summed E-state index contributed by atoms with van der Waals surface area (Å²) in [6, 6.07) is 9.50. The van der Waals surface area contributed by atoms with E-state index in [1.165, 1.54) is 0 Å². The third-order valence-corrected chi connectivity index (χ3v) is 3.73. The van der Waals surface area contributed by atoms with Crippen LogP contribution >= 0.6 is 0 Å². The van der Waals surface area contributed by atoms with Crippen molar-refractivity contribution in [2.24, 2.45) is 0 Å². The van der Waals surface area contributed by atoms with Gasteiger partial charge in [-0.3, -0.25) is 5.32 Å². The molecule has 6 atom stereocenters. The quantitative estimate of drug-likeness (QED) is 0.695. The fourth-order valence-corrected chi connectivity index (χ4v) is 2.63. The van der Waals surface area contributed by atoms with Crippen LogP contribution in [0.4, 0.5) is 0 Å². The maximum Gasteiger partial charge on any atom is 0.184 e. The molecule has 6 nitrogen and oxygen atoms in total. The van der Waals surface area contributed by atoms with Crippen LogP contribution in [0, 0.1) is 0 Å². The van der Waals surface area contributed by atoms with Gasteiger partial charge in [0.1, 0.15) is 30.6 Å². The van der Waals surface area contributed by atoms with Crippen molar-refractivity contribution in [2.75, 3.05) is 13.7 Å². The standard InChI is InChI=1S/C14H19NO5/c1-15-13-11(17)10(16)12-9(19-13)7-18-14(20-12)8-5-3-2-4-6-8/h2-6,9-17H,7H2,1H3/t9-,10-,11-,12-,13-,14?/m1/s1. The van der Waals surface area contributed by atoms with E-state index in [1.807, 2.05) is 30.3 Å². The van der Waals surface area contributed by atoms with Gasteiger partial charge in [-0.1, -0.05) is 30.3 Å². The van der Waals surface area contributed by atoms with Crippen LogP contribution in [0.2, 0.25) is 0 Å². The van der Waals surface area contributed by atoms with Gasteiger partial charge >= 0.3 is 0 Å². The van der Waals surface area contributed by atoms with E-state index < -0.39 is 36.9 Å². The molecule has 6 heteroatoms. The van der Waals surface area contributed by atoms with Gasteiger partial charge in [-0.15, -0.1) is 0 Å². The van der Waals surface area contributed by atoms with Crippen molar-refractivity contribution < 1.29 is 24.4 Å². The van der Waals surface area contributed by atoms with E-state index in [4.69, 9.17) is 14.2 Å². The van der Waals surface area contributed by atoms with Crippen LogP contribution in [-0.4, -0.2) is 54.5 Å². The maximum absolute atomic E-state index is 10.2. The molecule has 110 valence electrons. The second-order valence-corrected chi connectivity index (χ2v) is 5.04. The Hall–Kier alpha value is -1.02. The van der Waals surface area contributed by atoms with Gasteiger partial charge in [-0.05, 0) is 7.05 Å². The van der Waals surface area contributed by atoms with Gasteiger partial charge in [-0.2, -0.15) is 0 Å². The molecular formula is C14H19NO5. The Balaban J connectivity index is 1.74. The number of benzene rings is 1. The van der Waals surface area contributed by atoms with Crippen molar-refractivity contribution in [3.63, 3.8) is 0 Å². The van der Waals surface area contributed by atoms with Gasteiger partial charge in [0.05, 0.1) is 6.61 Å². The molecule has 0 aliphatic carbocycles. The number of likely N-dealkylation sites (N-methyl/N-ethyl adjacent to an activating group) is 1. The third-order valence-electron chi connectivity index (χ3n) is 3.73. The smallest absolute Gasteiger partial charge is 0.184 e. The summed E-state index contributed by atoms with van der Waals surface area (Å²) >= 11 is 0. The Morgan fingerprint density at radius 3 is 2.55 bits per heavy atom. The first-order chi connectivity index (χ1) is 9.70. The van der Waals surface area contributed by atoms with E-state index in [9.17, 15) is 10.2 Å². The largest absolute Gasteiger partial charge is 0.387 e. The molecule has 2 saturated heterocycles. The topological polar surface area (TPSA) is 80.2 Å². The number of fused-ring (bicyclic) bond motifs is 1. The molecule has 3 rings (SSSR count). The highest BCUT2D eigenvalue weighted by atomic mass is 16.7. The first-order valence-corrected chi connectivity index (χ1v) is 6.71. The number of ether oxygens (including phenoxy) is 3. The molecule has 0 amide bonds. The first kappa shape index (κ1) is 13.9. The van der Waals surface area contributed by atoms with E-state index in [-0.39, 0.29) is 0 Å². The molecule has 1 aromatic carbocycles. The lowest BCUT2D eigenvalue weighted by molar-refractivity contribution is -0.330. The maximum atomic E-state index is 10.2. The molecule has 0 spiro atoms. The van der Waals surface area contributed by atoms with Crippen LogP contribution in [-0.2, 0) is 14.2 Å². The zero-order valence-corrected chi connectivity index (χ0v) is 11.2.